The predicted octanol–water partition coefficient (Wildman–Crippen LogP) is 5.10. The molecule has 3 aromatic rings. The number of carbonyl (C=O) groups excluding carboxylic acids is 2. The lowest BCUT2D eigenvalue weighted by Crippen LogP contribution is -2.52. The first-order valence-electron chi connectivity index (χ1n) is 14.3. The van der Waals surface area contributed by atoms with Gasteiger partial charge in [-0.1, -0.05) is 56.7 Å². The van der Waals surface area contributed by atoms with Crippen LogP contribution in [0.2, 0.25) is 0 Å². The number of anilines is 1. The summed E-state index contributed by atoms with van der Waals surface area (Å²) >= 11 is 0. The number of rotatable bonds is 14. The van der Waals surface area contributed by atoms with Crippen LogP contribution in [0, 0.1) is 19.8 Å². The smallest absolute Gasteiger partial charge is 0.264 e. The Morgan fingerprint density at radius 1 is 0.907 bits per heavy atom. The lowest BCUT2D eigenvalue weighted by molar-refractivity contribution is -0.140. The number of methoxy groups -OCH3 is 2. The van der Waals surface area contributed by atoms with Gasteiger partial charge in [-0.15, -0.1) is 0 Å². The second-order valence-electron chi connectivity index (χ2n) is 10.9. The fraction of sp³-hybridized carbons (Fsp3) is 0.394. The SMILES string of the molecule is CC[C@@H](C(=O)NCC(C)C)N(Cc1cccc(OC)c1)C(=O)CN(c1cc(C)ccc1OC)S(=O)(=O)c1ccc(C)cc1. The molecule has 1 atom stereocenters. The van der Waals surface area contributed by atoms with Crippen LogP contribution < -0.4 is 19.1 Å². The van der Waals surface area contributed by atoms with Gasteiger partial charge >= 0.3 is 0 Å². The molecule has 1 N–H and O–H groups in total. The zero-order chi connectivity index (χ0) is 31.7. The van der Waals surface area contributed by atoms with E-state index in [1.165, 1.54) is 24.1 Å². The van der Waals surface area contributed by atoms with E-state index in [-0.39, 0.29) is 29.0 Å². The van der Waals surface area contributed by atoms with Crippen LogP contribution in [0.25, 0.3) is 0 Å². The molecular formula is C33H43N3O6S. The third-order valence-corrected chi connectivity index (χ3v) is 8.82. The lowest BCUT2D eigenvalue weighted by atomic mass is 10.1. The molecule has 0 aliphatic carbocycles. The highest BCUT2D eigenvalue weighted by molar-refractivity contribution is 7.92. The quantitative estimate of drug-likeness (QED) is 0.273. The number of aryl methyl sites for hydroxylation is 2. The molecule has 43 heavy (non-hydrogen) atoms. The number of hydrogen-bond donors (Lipinski definition) is 1. The third kappa shape index (κ3) is 8.50. The highest BCUT2D eigenvalue weighted by Gasteiger charge is 2.35. The van der Waals surface area contributed by atoms with E-state index in [0.29, 0.717) is 24.5 Å². The molecule has 0 aliphatic rings. The van der Waals surface area contributed by atoms with Crippen LogP contribution in [-0.4, -0.2) is 58.5 Å². The maximum absolute atomic E-state index is 14.3. The van der Waals surface area contributed by atoms with E-state index in [0.717, 1.165) is 21.0 Å². The van der Waals surface area contributed by atoms with Gasteiger partial charge in [0.05, 0.1) is 24.8 Å². The van der Waals surface area contributed by atoms with Crippen molar-refractivity contribution in [3.8, 4) is 11.5 Å². The lowest BCUT2D eigenvalue weighted by Gasteiger charge is -2.33. The zero-order valence-electron chi connectivity index (χ0n) is 26.1. The van der Waals surface area contributed by atoms with Crippen LogP contribution in [0.5, 0.6) is 11.5 Å². The van der Waals surface area contributed by atoms with Gasteiger partial charge in [0, 0.05) is 13.1 Å². The summed E-state index contributed by atoms with van der Waals surface area (Å²) < 4.78 is 40.3. The van der Waals surface area contributed by atoms with Crippen LogP contribution in [0.4, 0.5) is 5.69 Å². The van der Waals surface area contributed by atoms with E-state index in [9.17, 15) is 18.0 Å². The van der Waals surface area contributed by atoms with E-state index in [1.807, 2.05) is 52.8 Å². The second kappa shape index (κ2) is 14.9. The van der Waals surface area contributed by atoms with Crippen molar-refractivity contribution in [2.24, 2.45) is 5.92 Å². The summed E-state index contributed by atoms with van der Waals surface area (Å²) in [5.41, 5.74) is 2.66. The summed E-state index contributed by atoms with van der Waals surface area (Å²) in [5, 5.41) is 2.94. The van der Waals surface area contributed by atoms with E-state index in [1.54, 1.807) is 43.5 Å². The van der Waals surface area contributed by atoms with Gasteiger partial charge in [0.25, 0.3) is 10.0 Å². The molecule has 0 unspecified atom stereocenters. The first kappa shape index (κ1) is 33.5. The Hall–Kier alpha value is -4.05. The van der Waals surface area contributed by atoms with Gasteiger partial charge < -0.3 is 19.7 Å². The van der Waals surface area contributed by atoms with Crippen molar-refractivity contribution in [2.45, 2.75) is 58.5 Å². The van der Waals surface area contributed by atoms with Crippen molar-refractivity contribution < 1.29 is 27.5 Å². The molecule has 0 fully saturated rings. The van der Waals surface area contributed by atoms with Crippen LogP contribution >= 0.6 is 0 Å². The molecule has 0 aliphatic heterocycles. The average molecular weight is 610 g/mol. The van der Waals surface area contributed by atoms with Gasteiger partial charge in [-0.2, -0.15) is 0 Å². The minimum Gasteiger partial charge on any atom is -0.497 e. The highest BCUT2D eigenvalue weighted by Crippen LogP contribution is 2.34. The fourth-order valence-corrected chi connectivity index (χ4v) is 6.07. The minimum atomic E-state index is -4.22. The maximum atomic E-state index is 14.3. The Bertz CT molecular complexity index is 1510. The Balaban J connectivity index is 2.12. The van der Waals surface area contributed by atoms with Crippen LogP contribution in [0.15, 0.2) is 71.6 Å². The number of carbonyl (C=O) groups is 2. The summed E-state index contributed by atoms with van der Waals surface area (Å²) in [6.45, 7) is 9.49. The molecule has 0 spiro atoms. The van der Waals surface area contributed by atoms with Gasteiger partial charge in [0.15, 0.2) is 0 Å². The summed E-state index contributed by atoms with van der Waals surface area (Å²) in [6.07, 6.45) is 0.331. The maximum Gasteiger partial charge on any atom is 0.264 e. The molecule has 0 saturated carbocycles. The molecule has 0 saturated heterocycles. The standard InChI is InChI=1S/C33H43N3O6S/c1-8-29(33(38)34-20-23(2)3)35(21-26-10-9-11-27(19-26)41-6)32(37)22-36(30-18-25(5)14-17-31(30)42-7)43(39,40)28-15-12-24(4)13-16-28/h9-19,23,29H,8,20-22H2,1-7H3,(H,34,38)/t29-/m0/s1. The summed E-state index contributed by atoms with van der Waals surface area (Å²) in [5.74, 6) is 0.292. The molecule has 0 radical (unpaired) electrons. The molecule has 10 heteroatoms. The van der Waals surface area contributed by atoms with Crippen molar-refractivity contribution in [1.82, 2.24) is 10.2 Å². The Morgan fingerprint density at radius 2 is 1.58 bits per heavy atom. The van der Waals surface area contributed by atoms with Gasteiger partial charge in [-0.05, 0) is 73.7 Å². The highest BCUT2D eigenvalue weighted by atomic mass is 32.2. The first-order valence-corrected chi connectivity index (χ1v) is 15.8. The summed E-state index contributed by atoms with van der Waals surface area (Å²) in [4.78, 5) is 29.2. The van der Waals surface area contributed by atoms with E-state index >= 15 is 0 Å². The number of nitrogens with zero attached hydrogens (tertiary/aromatic N) is 2. The Labute approximate surface area is 255 Å². The molecule has 9 nitrogen and oxygen atoms in total. The Kier molecular flexibility index (Phi) is 11.6. The summed E-state index contributed by atoms with van der Waals surface area (Å²) in [7, 11) is -1.21. The van der Waals surface area contributed by atoms with E-state index in [2.05, 4.69) is 5.32 Å². The molecular weight excluding hydrogens is 566 g/mol. The van der Waals surface area contributed by atoms with Gasteiger partial charge in [-0.3, -0.25) is 13.9 Å². The number of benzene rings is 3. The second-order valence-corrected chi connectivity index (χ2v) is 12.8. The number of hydrogen-bond acceptors (Lipinski definition) is 6. The molecule has 0 aromatic heterocycles. The summed E-state index contributed by atoms with van der Waals surface area (Å²) in [6, 6.07) is 18.0. The van der Waals surface area contributed by atoms with Crippen LogP contribution in [0.3, 0.4) is 0 Å². The minimum absolute atomic E-state index is 0.0375. The predicted molar refractivity (Wildman–Crippen MR) is 169 cm³/mol. The van der Waals surface area contributed by atoms with Crippen molar-refractivity contribution in [3.63, 3.8) is 0 Å². The molecule has 232 valence electrons. The average Bonchev–Trinajstić information content (AvgIpc) is 2.98. The van der Waals surface area contributed by atoms with Gasteiger partial charge in [0.1, 0.15) is 24.1 Å². The Morgan fingerprint density at radius 3 is 2.19 bits per heavy atom. The number of ether oxygens (including phenoxy) is 2. The van der Waals surface area contributed by atoms with Gasteiger partial charge in [0.2, 0.25) is 11.8 Å². The largest absolute Gasteiger partial charge is 0.497 e. The fourth-order valence-electron chi connectivity index (χ4n) is 4.66. The molecule has 3 rings (SSSR count). The van der Waals surface area contributed by atoms with Crippen molar-refractivity contribution in [2.75, 3.05) is 31.6 Å². The molecule has 2 amide bonds. The monoisotopic (exact) mass is 609 g/mol. The van der Waals surface area contributed by atoms with Gasteiger partial charge in [-0.25, -0.2) is 8.42 Å². The third-order valence-electron chi connectivity index (χ3n) is 7.05. The van der Waals surface area contributed by atoms with E-state index in [4.69, 9.17) is 9.47 Å². The first-order chi connectivity index (χ1) is 20.4. The number of sulfonamides is 1. The zero-order valence-corrected chi connectivity index (χ0v) is 26.9. The number of nitrogens with one attached hydrogen (secondary N) is 1. The van der Waals surface area contributed by atoms with Crippen LogP contribution in [-0.2, 0) is 26.2 Å². The van der Waals surface area contributed by atoms with E-state index < -0.39 is 28.5 Å². The van der Waals surface area contributed by atoms with Crippen molar-refractivity contribution in [3.05, 3.63) is 83.4 Å². The topological polar surface area (TPSA) is 105 Å². The molecule has 0 heterocycles. The molecule has 3 aromatic carbocycles. The van der Waals surface area contributed by atoms with Crippen molar-refractivity contribution >= 4 is 27.5 Å². The normalized spacial score (nSPS) is 12.0. The van der Waals surface area contributed by atoms with Crippen LogP contribution in [0.1, 0.15) is 43.9 Å². The van der Waals surface area contributed by atoms with Crippen molar-refractivity contribution in [1.29, 1.82) is 0 Å². The molecule has 0 bridgehead atoms. The number of amides is 2.